The molecule has 6 nitrogen and oxygen atoms in total. The number of benzene rings is 1. The maximum absolute atomic E-state index is 13.7. The number of ether oxygens (including phenoxy) is 2. The van der Waals surface area contributed by atoms with E-state index < -0.39 is 0 Å². The first-order valence-electron chi connectivity index (χ1n) is 14.8. The lowest BCUT2D eigenvalue weighted by atomic mass is 9.69. The van der Waals surface area contributed by atoms with E-state index in [0.29, 0.717) is 18.8 Å². The van der Waals surface area contributed by atoms with Crippen LogP contribution in [0.5, 0.6) is 11.5 Å². The molecule has 212 valence electrons. The average molecular weight is 648 g/mol. The van der Waals surface area contributed by atoms with Gasteiger partial charge in [-0.3, -0.25) is 14.5 Å². The van der Waals surface area contributed by atoms with Crippen LogP contribution in [0, 0.1) is 21.3 Å². The van der Waals surface area contributed by atoms with Gasteiger partial charge in [-0.05, 0) is 90.8 Å². The largest absolute Gasteiger partial charge is 0.504 e. The van der Waals surface area contributed by atoms with Crippen molar-refractivity contribution in [1.29, 1.82) is 0 Å². The molecule has 4 atom stereocenters. The molecule has 2 heterocycles. The molecule has 2 aliphatic carbocycles. The Kier molecular flexibility index (Phi) is 9.06. The van der Waals surface area contributed by atoms with Crippen molar-refractivity contribution in [3.05, 3.63) is 38.0 Å². The topological polar surface area (TPSA) is 76.1 Å². The summed E-state index contributed by atoms with van der Waals surface area (Å²) >= 11 is 2.14. The Bertz CT molecular complexity index is 1170. The van der Waals surface area contributed by atoms with E-state index in [4.69, 9.17) is 9.47 Å². The van der Waals surface area contributed by atoms with Crippen molar-refractivity contribution in [1.82, 2.24) is 4.90 Å². The first-order valence-corrected chi connectivity index (χ1v) is 15.9. The van der Waals surface area contributed by atoms with Crippen LogP contribution in [0.2, 0.25) is 0 Å². The lowest BCUT2D eigenvalue weighted by molar-refractivity contribution is -0.143. The number of amides is 2. The molecular weight excluding hydrogens is 605 g/mol. The highest BCUT2D eigenvalue weighted by Crippen LogP contribution is 2.51. The van der Waals surface area contributed by atoms with E-state index in [2.05, 4.69) is 42.5 Å². The van der Waals surface area contributed by atoms with Gasteiger partial charge in [0.2, 0.25) is 11.8 Å². The maximum Gasteiger partial charge on any atom is 0.234 e. The zero-order valence-corrected chi connectivity index (χ0v) is 25.7. The maximum atomic E-state index is 13.7. The normalized spacial score (nSPS) is 27.8. The van der Waals surface area contributed by atoms with Crippen molar-refractivity contribution in [2.24, 2.45) is 17.8 Å². The Labute approximate surface area is 246 Å². The Hall–Kier alpha value is -1.87. The smallest absolute Gasteiger partial charge is 0.234 e. The van der Waals surface area contributed by atoms with Gasteiger partial charge in [0, 0.05) is 12.0 Å². The number of methoxy groups -OCH3 is 1. The molecule has 0 radical (unpaired) electrons. The van der Waals surface area contributed by atoms with E-state index >= 15 is 0 Å². The number of hydrogen-bond acceptors (Lipinski definition) is 5. The van der Waals surface area contributed by atoms with Crippen LogP contribution in [0.4, 0.5) is 0 Å². The minimum Gasteiger partial charge on any atom is -0.504 e. The third-order valence-electron chi connectivity index (χ3n) is 9.35. The summed E-state index contributed by atoms with van der Waals surface area (Å²) in [6, 6.07) is 3.96. The van der Waals surface area contributed by atoms with Gasteiger partial charge in [-0.1, -0.05) is 56.8 Å². The van der Waals surface area contributed by atoms with Gasteiger partial charge in [-0.15, -0.1) is 0 Å². The standard InChI is InChI=1S/C32H42INO5/c1-4-9-19(14-20-15-25(33)30(35)27(16-20)38-3)12-13-26-28-21(5-2)17-23-29(24(28)18-39-26)32(37)34(31(23)36)22-10-7-6-8-11-22/h14-16,22-24,26,29,35H,4-13,17-18H2,1-3H3/b19-14+/t23-,24+,26-,29-/m1/s1. The van der Waals surface area contributed by atoms with Crippen molar-refractivity contribution in [2.45, 2.75) is 96.6 Å². The lowest BCUT2D eigenvalue weighted by Crippen LogP contribution is -2.42. The van der Waals surface area contributed by atoms with Crippen LogP contribution in [0.3, 0.4) is 0 Å². The molecule has 1 N–H and O–H groups in total. The molecule has 2 amide bonds. The van der Waals surface area contributed by atoms with E-state index in [1.54, 1.807) is 12.0 Å². The predicted octanol–water partition coefficient (Wildman–Crippen LogP) is 7.03. The van der Waals surface area contributed by atoms with Gasteiger partial charge in [0.15, 0.2) is 11.5 Å². The first kappa shape index (κ1) is 28.7. The summed E-state index contributed by atoms with van der Waals surface area (Å²) in [6.45, 7) is 4.91. The molecule has 1 aromatic carbocycles. The van der Waals surface area contributed by atoms with E-state index in [-0.39, 0.29) is 47.5 Å². The Morgan fingerprint density at radius 2 is 1.90 bits per heavy atom. The zero-order chi connectivity index (χ0) is 27.7. The van der Waals surface area contributed by atoms with E-state index in [9.17, 15) is 14.7 Å². The number of imide groups is 1. The Morgan fingerprint density at radius 3 is 2.59 bits per heavy atom. The second kappa shape index (κ2) is 12.3. The third kappa shape index (κ3) is 5.54. The van der Waals surface area contributed by atoms with Gasteiger partial charge in [0.25, 0.3) is 0 Å². The van der Waals surface area contributed by atoms with Gasteiger partial charge in [-0.25, -0.2) is 0 Å². The fraction of sp³-hybridized carbons (Fsp3) is 0.625. The summed E-state index contributed by atoms with van der Waals surface area (Å²) in [7, 11) is 1.57. The minimum atomic E-state index is -0.244. The Balaban J connectivity index is 1.34. The number of phenolic OH excluding ortho intramolecular Hbond substituents is 1. The first-order chi connectivity index (χ1) is 18.9. The number of phenols is 1. The van der Waals surface area contributed by atoms with Gasteiger partial charge >= 0.3 is 0 Å². The van der Waals surface area contributed by atoms with Crippen molar-refractivity contribution in [2.75, 3.05) is 13.7 Å². The van der Waals surface area contributed by atoms with Crippen molar-refractivity contribution in [3.8, 4) is 11.5 Å². The molecular formula is C32H42INO5. The van der Waals surface area contributed by atoms with Crippen LogP contribution in [0.15, 0.2) is 28.9 Å². The average Bonchev–Trinajstić information content (AvgIpc) is 3.47. The van der Waals surface area contributed by atoms with Crippen LogP contribution in [-0.2, 0) is 14.3 Å². The van der Waals surface area contributed by atoms with E-state index in [1.807, 2.05) is 12.1 Å². The number of carbonyl (C=O) groups is 2. The fourth-order valence-corrected chi connectivity index (χ4v) is 8.14. The van der Waals surface area contributed by atoms with Crippen LogP contribution in [0.25, 0.3) is 6.08 Å². The number of hydrogen-bond donors (Lipinski definition) is 1. The molecule has 39 heavy (non-hydrogen) atoms. The number of fused-ring (bicyclic) bond motifs is 3. The second-order valence-corrected chi connectivity index (χ2v) is 12.8. The molecule has 0 bridgehead atoms. The molecule has 1 saturated carbocycles. The molecule has 1 aromatic rings. The zero-order valence-electron chi connectivity index (χ0n) is 23.5. The van der Waals surface area contributed by atoms with Crippen LogP contribution >= 0.6 is 22.6 Å². The monoisotopic (exact) mass is 647 g/mol. The Morgan fingerprint density at radius 1 is 1.13 bits per heavy atom. The second-order valence-electron chi connectivity index (χ2n) is 11.7. The molecule has 5 rings (SSSR count). The van der Waals surface area contributed by atoms with Crippen LogP contribution < -0.4 is 4.74 Å². The number of halogens is 1. The van der Waals surface area contributed by atoms with Crippen molar-refractivity contribution < 1.29 is 24.2 Å². The lowest BCUT2D eigenvalue weighted by Gasteiger charge is -2.31. The number of aromatic hydroxyl groups is 1. The molecule has 7 heteroatoms. The van der Waals surface area contributed by atoms with Crippen LogP contribution in [-0.4, -0.2) is 47.7 Å². The molecule has 4 aliphatic rings. The number of nitrogens with zero attached hydrogens (tertiary/aromatic N) is 1. The fourth-order valence-electron chi connectivity index (χ4n) is 7.51. The van der Waals surface area contributed by atoms with Crippen molar-refractivity contribution >= 4 is 40.5 Å². The highest BCUT2D eigenvalue weighted by atomic mass is 127. The van der Waals surface area contributed by atoms with E-state index in [0.717, 1.165) is 66.9 Å². The predicted molar refractivity (Wildman–Crippen MR) is 160 cm³/mol. The van der Waals surface area contributed by atoms with Gasteiger partial charge in [0.1, 0.15) is 0 Å². The summed E-state index contributed by atoms with van der Waals surface area (Å²) in [4.78, 5) is 29.0. The van der Waals surface area contributed by atoms with Gasteiger partial charge < -0.3 is 14.6 Å². The summed E-state index contributed by atoms with van der Waals surface area (Å²) in [6.07, 6.45) is 13.0. The molecule has 0 spiro atoms. The number of allylic oxidation sites excluding steroid dienone is 2. The summed E-state index contributed by atoms with van der Waals surface area (Å²) in [5.74, 6) is 0.404. The highest BCUT2D eigenvalue weighted by Gasteiger charge is 2.57. The number of rotatable bonds is 9. The number of likely N-dealkylation sites (tertiary alicyclic amines) is 1. The molecule has 2 aliphatic heterocycles. The van der Waals surface area contributed by atoms with E-state index in [1.165, 1.54) is 23.1 Å². The molecule has 2 saturated heterocycles. The summed E-state index contributed by atoms with van der Waals surface area (Å²) in [5.41, 5.74) is 5.03. The van der Waals surface area contributed by atoms with Crippen LogP contribution in [0.1, 0.15) is 90.0 Å². The summed E-state index contributed by atoms with van der Waals surface area (Å²) in [5, 5.41) is 10.2. The SMILES string of the molecule is CCC/C(=C\c1cc(I)c(O)c(OC)c1)CC[C@H]1OC[C@H]2C1=C(CC)C[C@H]1C(=O)N(C3CCCCC3)C(=O)[C@H]12. The molecule has 3 fully saturated rings. The highest BCUT2D eigenvalue weighted by molar-refractivity contribution is 14.1. The quantitative estimate of drug-likeness (QED) is 0.177. The van der Waals surface area contributed by atoms with Crippen molar-refractivity contribution in [3.63, 3.8) is 0 Å². The third-order valence-corrected chi connectivity index (χ3v) is 10.2. The van der Waals surface area contributed by atoms with Gasteiger partial charge in [0.05, 0.1) is 35.2 Å². The molecule has 0 aromatic heterocycles. The minimum absolute atomic E-state index is 0.00674. The molecule has 0 unspecified atom stereocenters. The number of carbonyl (C=O) groups excluding carboxylic acids is 2. The summed E-state index contributed by atoms with van der Waals surface area (Å²) < 4.78 is 12.6. The van der Waals surface area contributed by atoms with Gasteiger partial charge in [-0.2, -0.15) is 0 Å².